The molecule has 19 heavy (non-hydrogen) atoms. The third-order valence-electron chi connectivity index (χ3n) is 2.35. The number of carbonyl (C=O) groups excluding carboxylic acids is 1. The fourth-order valence-corrected chi connectivity index (χ4v) is 2.28. The number of benzene rings is 1. The fraction of sp³-hybridized carbons (Fsp3) is 0.364. The number of aldehydes is 1. The first-order valence-corrected chi connectivity index (χ1v) is 6.96. The minimum atomic E-state index is -4.03. The molecule has 104 valence electrons. The summed E-state index contributed by atoms with van der Waals surface area (Å²) in [5.41, 5.74) is -0.743. The lowest BCUT2D eigenvalue weighted by Crippen LogP contribution is -2.08. The van der Waals surface area contributed by atoms with Gasteiger partial charge in [0, 0.05) is 6.07 Å². The van der Waals surface area contributed by atoms with Gasteiger partial charge in [0.2, 0.25) is 0 Å². The van der Waals surface area contributed by atoms with Crippen LogP contribution in [0.5, 0.6) is 0 Å². The lowest BCUT2D eigenvalue weighted by molar-refractivity contribution is -0.385. The van der Waals surface area contributed by atoms with E-state index in [1.54, 1.807) is 0 Å². The molecule has 1 aromatic carbocycles. The lowest BCUT2D eigenvalue weighted by Gasteiger charge is -2.05. The molecule has 0 unspecified atom stereocenters. The van der Waals surface area contributed by atoms with Gasteiger partial charge in [0.25, 0.3) is 15.8 Å². The van der Waals surface area contributed by atoms with Crippen molar-refractivity contribution in [3.8, 4) is 0 Å². The van der Waals surface area contributed by atoms with E-state index in [2.05, 4.69) is 0 Å². The van der Waals surface area contributed by atoms with E-state index < -0.39 is 20.7 Å². The highest BCUT2D eigenvalue weighted by atomic mass is 32.2. The van der Waals surface area contributed by atoms with E-state index in [-0.39, 0.29) is 17.1 Å². The Hall–Kier alpha value is -1.80. The van der Waals surface area contributed by atoms with Crippen LogP contribution in [0.3, 0.4) is 0 Å². The highest BCUT2D eigenvalue weighted by molar-refractivity contribution is 7.86. The van der Waals surface area contributed by atoms with Crippen LogP contribution in [0.4, 0.5) is 5.69 Å². The molecule has 0 radical (unpaired) electrons. The number of rotatable bonds is 7. The zero-order valence-electron chi connectivity index (χ0n) is 10.2. The molecule has 0 bridgehead atoms. The number of unbranched alkanes of at least 4 members (excludes halogenated alkanes) is 1. The SMILES string of the molecule is CCCCOS(=O)(=O)c1ccc(C=O)c([N+](=O)[O-])c1. The molecule has 0 saturated carbocycles. The molecule has 0 aliphatic heterocycles. The minimum absolute atomic E-state index is 0.0159. The number of hydrogen-bond donors (Lipinski definition) is 0. The summed E-state index contributed by atoms with van der Waals surface area (Å²) >= 11 is 0. The number of nitro groups is 1. The maximum atomic E-state index is 11.7. The van der Waals surface area contributed by atoms with Crippen LogP contribution in [0.25, 0.3) is 0 Å². The number of carbonyl (C=O) groups is 1. The summed E-state index contributed by atoms with van der Waals surface area (Å²) < 4.78 is 28.2. The van der Waals surface area contributed by atoms with E-state index in [0.717, 1.165) is 24.6 Å². The van der Waals surface area contributed by atoms with Crippen LogP contribution < -0.4 is 0 Å². The summed E-state index contributed by atoms with van der Waals surface area (Å²) in [6, 6.07) is 3.02. The van der Waals surface area contributed by atoms with Gasteiger partial charge in [-0.15, -0.1) is 0 Å². The van der Waals surface area contributed by atoms with Gasteiger partial charge in [0.05, 0.1) is 17.1 Å². The van der Waals surface area contributed by atoms with Crippen molar-refractivity contribution in [3.63, 3.8) is 0 Å². The van der Waals surface area contributed by atoms with E-state index in [0.29, 0.717) is 12.7 Å². The standard InChI is InChI=1S/C11H13NO6S/c1-2-3-6-18-19(16,17)10-5-4-9(8-13)11(7-10)12(14)15/h4-5,7-8H,2-3,6H2,1H3. The predicted molar refractivity (Wildman–Crippen MR) is 66.5 cm³/mol. The normalized spacial score (nSPS) is 11.2. The lowest BCUT2D eigenvalue weighted by atomic mass is 10.2. The Balaban J connectivity index is 3.11. The molecule has 0 spiro atoms. The quantitative estimate of drug-likeness (QED) is 0.249. The molecule has 0 aliphatic carbocycles. The van der Waals surface area contributed by atoms with Crippen LogP contribution in [-0.4, -0.2) is 26.2 Å². The van der Waals surface area contributed by atoms with Crippen LogP contribution in [0.1, 0.15) is 30.1 Å². The Morgan fingerprint density at radius 3 is 2.63 bits per heavy atom. The van der Waals surface area contributed by atoms with Crippen molar-refractivity contribution < 1.29 is 22.3 Å². The van der Waals surface area contributed by atoms with E-state index in [1.807, 2.05) is 6.92 Å². The summed E-state index contributed by atoms with van der Waals surface area (Å²) in [4.78, 5) is 20.2. The van der Waals surface area contributed by atoms with Crippen molar-refractivity contribution in [2.24, 2.45) is 0 Å². The zero-order chi connectivity index (χ0) is 14.5. The molecule has 0 N–H and O–H groups in total. The van der Waals surface area contributed by atoms with Gasteiger partial charge in [-0.05, 0) is 18.6 Å². The molecule has 0 aliphatic rings. The topological polar surface area (TPSA) is 104 Å². The first-order chi connectivity index (χ1) is 8.92. The summed E-state index contributed by atoms with van der Waals surface area (Å²) in [7, 11) is -4.03. The molecule has 0 atom stereocenters. The molecule has 1 aromatic rings. The average Bonchev–Trinajstić information content (AvgIpc) is 2.38. The van der Waals surface area contributed by atoms with Gasteiger partial charge in [-0.25, -0.2) is 0 Å². The summed E-state index contributed by atoms with van der Waals surface area (Å²) in [6.07, 6.45) is 1.62. The average molecular weight is 287 g/mol. The van der Waals surface area contributed by atoms with Crippen LogP contribution in [0, 0.1) is 10.1 Å². The van der Waals surface area contributed by atoms with Crippen LogP contribution >= 0.6 is 0 Å². The number of nitro benzene ring substituents is 1. The third-order valence-corrected chi connectivity index (χ3v) is 3.66. The van der Waals surface area contributed by atoms with Gasteiger partial charge in [-0.3, -0.25) is 19.1 Å². The van der Waals surface area contributed by atoms with Crippen LogP contribution in [-0.2, 0) is 14.3 Å². The second kappa shape index (κ2) is 6.39. The zero-order valence-corrected chi connectivity index (χ0v) is 11.1. The Morgan fingerprint density at radius 2 is 2.11 bits per heavy atom. The smallest absolute Gasteiger partial charge is 0.297 e. The molecule has 7 nitrogen and oxygen atoms in total. The van der Waals surface area contributed by atoms with E-state index >= 15 is 0 Å². The second-order valence-corrected chi connectivity index (χ2v) is 5.34. The summed E-state index contributed by atoms with van der Waals surface area (Å²) in [6.45, 7) is 1.89. The van der Waals surface area contributed by atoms with Crippen LogP contribution in [0.15, 0.2) is 23.1 Å². The predicted octanol–water partition coefficient (Wildman–Crippen LogP) is 1.91. The Bertz CT molecular complexity index is 581. The monoisotopic (exact) mass is 287 g/mol. The van der Waals surface area contributed by atoms with Gasteiger partial charge in [0.1, 0.15) is 4.90 Å². The molecular formula is C11H13NO6S. The molecule has 8 heteroatoms. The second-order valence-electron chi connectivity index (χ2n) is 3.73. The van der Waals surface area contributed by atoms with Gasteiger partial charge in [0.15, 0.2) is 6.29 Å². The van der Waals surface area contributed by atoms with Crippen molar-refractivity contribution in [1.82, 2.24) is 0 Å². The Kier molecular flexibility index (Phi) is 5.13. The first kappa shape index (κ1) is 15.3. The van der Waals surface area contributed by atoms with Crippen molar-refractivity contribution >= 4 is 22.1 Å². The molecular weight excluding hydrogens is 274 g/mol. The molecule has 0 heterocycles. The summed E-state index contributed by atoms with van der Waals surface area (Å²) in [5, 5.41) is 10.7. The number of nitrogens with zero attached hydrogens (tertiary/aromatic N) is 1. The van der Waals surface area contributed by atoms with Gasteiger partial charge in [-0.2, -0.15) is 8.42 Å². The molecule has 0 amide bonds. The van der Waals surface area contributed by atoms with E-state index in [9.17, 15) is 23.3 Å². The maximum absolute atomic E-state index is 11.7. The largest absolute Gasteiger partial charge is 0.298 e. The van der Waals surface area contributed by atoms with Crippen molar-refractivity contribution in [3.05, 3.63) is 33.9 Å². The highest BCUT2D eigenvalue weighted by Gasteiger charge is 2.21. The third kappa shape index (κ3) is 3.83. The molecule has 0 fully saturated rings. The van der Waals surface area contributed by atoms with E-state index in [4.69, 9.17) is 4.18 Å². The number of hydrogen-bond acceptors (Lipinski definition) is 6. The maximum Gasteiger partial charge on any atom is 0.297 e. The van der Waals surface area contributed by atoms with Crippen molar-refractivity contribution in [2.45, 2.75) is 24.7 Å². The minimum Gasteiger partial charge on any atom is -0.298 e. The highest BCUT2D eigenvalue weighted by Crippen LogP contribution is 2.23. The summed E-state index contributed by atoms with van der Waals surface area (Å²) in [5.74, 6) is 0. The van der Waals surface area contributed by atoms with E-state index in [1.165, 1.54) is 0 Å². The van der Waals surface area contributed by atoms with Crippen molar-refractivity contribution in [2.75, 3.05) is 6.61 Å². The van der Waals surface area contributed by atoms with Gasteiger partial charge in [-0.1, -0.05) is 13.3 Å². The Morgan fingerprint density at radius 1 is 1.42 bits per heavy atom. The van der Waals surface area contributed by atoms with Gasteiger partial charge >= 0.3 is 0 Å². The molecule has 0 aromatic heterocycles. The molecule has 1 rings (SSSR count). The van der Waals surface area contributed by atoms with Crippen LogP contribution in [0.2, 0.25) is 0 Å². The molecule has 0 saturated heterocycles. The Labute approximate surface area is 110 Å². The first-order valence-electron chi connectivity index (χ1n) is 5.55. The van der Waals surface area contributed by atoms with Crippen molar-refractivity contribution in [1.29, 1.82) is 0 Å². The van der Waals surface area contributed by atoms with Gasteiger partial charge < -0.3 is 0 Å². The fourth-order valence-electron chi connectivity index (χ4n) is 1.32.